The molecule has 0 rings (SSSR count). The number of rotatable bonds is 26. The van der Waals surface area contributed by atoms with Crippen LogP contribution in [0.1, 0.15) is 0 Å². The molecular formula is C9H56O17Si18. The normalized spacial score (nSPS) is 20.7. The second-order valence-corrected chi connectivity index (χ2v) is 50.3. The van der Waals surface area contributed by atoms with Crippen LogP contribution in [0, 0.1) is 0 Å². The van der Waals surface area contributed by atoms with E-state index in [0.29, 0.717) is 0 Å². The second kappa shape index (κ2) is 20.9. The summed E-state index contributed by atoms with van der Waals surface area (Å²) in [5.74, 6) is 0. The minimum atomic E-state index is -4.58. The first-order valence-corrected chi connectivity index (χ1v) is 40.7. The molecule has 44 heavy (non-hydrogen) atoms. The maximum absolute atomic E-state index is 6.77. The van der Waals surface area contributed by atoms with Crippen LogP contribution in [0.25, 0.3) is 0 Å². The van der Waals surface area contributed by atoms with Gasteiger partial charge in [-0.2, -0.15) is 0 Å². The van der Waals surface area contributed by atoms with Crippen molar-refractivity contribution in [1.82, 2.24) is 0 Å². The number of hydrogen-bond donors (Lipinski definition) is 0. The Balaban J connectivity index is 6.72. The Labute approximate surface area is 301 Å². The average Bonchev–Trinajstić information content (AvgIpc) is 2.91. The maximum atomic E-state index is 6.77. The molecule has 0 amide bonds. The highest BCUT2D eigenvalue weighted by Crippen LogP contribution is 2.32. The third-order valence-corrected chi connectivity index (χ3v) is 44.1. The van der Waals surface area contributed by atoms with Gasteiger partial charge in [-0.1, -0.05) is 0 Å². The monoisotopic (exact) mass is 940 g/mol. The highest BCUT2D eigenvalue weighted by Gasteiger charge is 2.69. The van der Waals surface area contributed by atoms with E-state index in [-0.39, 0.29) is 83.9 Å². The summed E-state index contributed by atoms with van der Waals surface area (Å²) in [6, 6.07) is 0. The molecule has 0 spiro atoms. The predicted octanol–water partition coefficient (Wildman–Crippen LogP) is -10.5. The third-order valence-electron chi connectivity index (χ3n) is 4.90. The van der Waals surface area contributed by atoms with Crippen molar-refractivity contribution in [2.24, 2.45) is 0 Å². The van der Waals surface area contributed by atoms with Crippen molar-refractivity contribution in [3.8, 4) is 0 Å². The lowest BCUT2D eigenvalue weighted by Gasteiger charge is -2.44. The molecule has 0 fully saturated rings. The van der Waals surface area contributed by atoms with Crippen molar-refractivity contribution in [3.05, 3.63) is 0 Å². The van der Waals surface area contributed by atoms with Gasteiger partial charge in [0.1, 0.15) is 83.9 Å². The van der Waals surface area contributed by atoms with Crippen LogP contribution in [0.5, 0.6) is 0 Å². The summed E-state index contributed by atoms with van der Waals surface area (Å²) in [5.41, 5.74) is 0. The SMILES string of the molecule is C[SiH](O[SiH2]O[SiH2]O[Si](O[SiH3])(O[SiH3])O[Si](O[Si](C)(C)O[Si](C)(C)C)(O[Si](O[SiH3])(O[SiH3])O[SiH3])O[Si](O[SiH3])(O[SiH3])O[SiH3])O[Si](C)(C)C. The van der Waals surface area contributed by atoms with Crippen LogP contribution in [0.2, 0.25) is 58.9 Å². The van der Waals surface area contributed by atoms with Crippen LogP contribution >= 0.6 is 0 Å². The van der Waals surface area contributed by atoms with Crippen molar-refractivity contribution >= 4 is 175 Å². The van der Waals surface area contributed by atoms with E-state index < -0.39 is 90.7 Å². The maximum Gasteiger partial charge on any atom is 0.653 e. The van der Waals surface area contributed by atoms with Crippen LogP contribution in [0.3, 0.4) is 0 Å². The van der Waals surface area contributed by atoms with Gasteiger partial charge in [-0.05, 0) is 58.9 Å². The predicted molar refractivity (Wildman–Crippen MR) is 215 cm³/mol. The Hall–Kier alpha value is 3.22. The molecule has 0 aromatic rings. The molecule has 1 atom stereocenters. The van der Waals surface area contributed by atoms with Gasteiger partial charge in [-0.3, -0.25) is 0 Å². The Kier molecular flexibility index (Phi) is 22.5. The van der Waals surface area contributed by atoms with Gasteiger partial charge in [-0.15, -0.1) is 0 Å². The van der Waals surface area contributed by atoms with Crippen molar-refractivity contribution in [3.63, 3.8) is 0 Å². The van der Waals surface area contributed by atoms with Crippen LogP contribution in [-0.4, -0.2) is 175 Å². The van der Waals surface area contributed by atoms with Gasteiger partial charge >= 0.3 is 44.8 Å². The summed E-state index contributed by atoms with van der Waals surface area (Å²) >= 11 is 0. The van der Waals surface area contributed by atoms with E-state index in [0.717, 1.165) is 0 Å². The topological polar surface area (TPSA) is 157 Å². The Bertz CT molecular complexity index is 754. The fourth-order valence-electron chi connectivity index (χ4n) is 3.53. The Morgan fingerprint density at radius 2 is 0.841 bits per heavy atom. The van der Waals surface area contributed by atoms with Crippen LogP contribution in [-0.2, 0) is 70.0 Å². The molecule has 0 aliphatic rings. The summed E-state index contributed by atoms with van der Waals surface area (Å²) in [7, 11) is -25.9. The fourth-order valence-corrected chi connectivity index (χ4v) is 55.8. The summed E-state index contributed by atoms with van der Waals surface area (Å²) in [6.45, 7) is 18.4. The highest BCUT2D eigenvalue weighted by molar-refractivity contribution is 6.90. The summed E-state index contributed by atoms with van der Waals surface area (Å²) < 4.78 is 104. The van der Waals surface area contributed by atoms with Gasteiger partial charge in [-0.25, -0.2) is 0 Å². The van der Waals surface area contributed by atoms with Crippen molar-refractivity contribution in [2.45, 2.75) is 58.9 Å². The molecule has 0 aromatic carbocycles. The zero-order valence-electron chi connectivity index (χ0n) is 29.4. The van der Waals surface area contributed by atoms with Gasteiger partial charge in [0.2, 0.25) is 0 Å². The molecule has 266 valence electrons. The highest BCUT2D eigenvalue weighted by atomic mass is 28.6. The molecule has 0 aliphatic carbocycles. The molecule has 0 N–H and O–H groups in total. The van der Waals surface area contributed by atoms with E-state index in [2.05, 4.69) is 39.3 Å². The summed E-state index contributed by atoms with van der Waals surface area (Å²) in [5, 5.41) is 0. The first-order chi connectivity index (χ1) is 20.1. The van der Waals surface area contributed by atoms with Crippen LogP contribution in [0.15, 0.2) is 0 Å². The first kappa shape index (κ1) is 47.2. The van der Waals surface area contributed by atoms with E-state index in [4.69, 9.17) is 70.0 Å². The van der Waals surface area contributed by atoms with E-state index in [9.17, 15) is 0 Å². The lowest BCUT2D eigenvalue weighted by atomic mass is 11.8. The van der Waals surface area contributed by atoms with Crippen molar-refractivity contribution < 1.29 is 70.0 Å². The molecule has 0 saturated carbocycles. The largest absolute Gasteiger partial charge is 0.653 e. The van der Waals surface area contributed by atoms with Crippen LogP contribution in [0.4, 0.5) is 0 Å². The Morgan fingerprint density at radius 3 is 1.18 bits per heavy atom. The molecule has 0 aliphatic heterocycles. The molecule has 0 heterocycles. The van der Waals surface area contributed by atoms with Gasteiger partial charge in [0.05, 0.1) is 0 Å². The lowest BCUT2D eigenvalue weighted by Crippen LogP contribution is -2.73. The lowest BCUT2D eigenvalue weighted by molar-refractivity contribution is 0.0124. The second-order valence-electron chi connectivity index (χ2n) is 11.2. The molecule has 35 heteroatoms. The van der Waals surface area contributed by atoms with Crippen molar-refractivity contribution in [1.29, 1.82) is 0 Å². The minimum absolute atomic E-state index is 0.201. The van der Waals surface area contributed by atoms with E-state index in [1.165, 1.54) is 0 Å². The molecule has 0 bridgehead atoms. The zero-order valence-corrected chi connectivity index (χ0v) is 56.4. The molecule has 0 aromatic heterocycles. The summed E-state index contributed by atoms with van der Waals surface area (Å²) in [4.78, 5) is 0. The van der Waals surface area contributed by atoms with Crippen molar-refractivity contribution in [2.75, 3.05) is 0 Å². The van der Waals surface area contributed by atoms with E-state index in [1.54, 1.807) is 0 Å². The van der Waals surface area contributed by atoms with E-state index >= 15 is 0 Å². The first-order valence-electron chi connectivity index (χ1n) is 13.6. The standard InChI is InChI=1S/C9H56O17Si18/c1-37(21-38(2,3)4)19-35-18-36-20-43(16-33,17-34)26-44(24-41(10-27,11-28)12-29,25-42(13-30,14-31)15-32)23-40(8,9)22-39(5,6)7/h37H,35-36H2,1-9,27-34H3. The molecular weight excluding hydrogens is 886 g/mol. The van der Waals surface area contributed by atoms with E-state index in [1.807, 2.05) is 19.6 Å². The molecule has 1 unspecified atom stereocenters. The molecule has 17 nitrogen and oxygen atoms in total. The minimum Gasteiger partial charge on any atom is -0.439 e. The zero-order chi connectivity index (χ0) is 34.5. The van der Waals surface area contributed by atoms with Gasteiger partial charge in [0, 0.05) is 0 Å². The average molecular weight is 942 g/mol. The van der Waals surface area contributed by atoms with Gasteiger partial charge in [0.15, 0.2) is 16.6 Å². The third kappa shape index (κ3) is 17.4. The quantitative estimate of drug-likeness (QED) is 0.0595. The molecule has 0 saturated heterocycles. The fraction of sp³-hybridized carbons (Fsp3) is 1.00. The Morgan fingerprint density at radius 1 is 0.455 bits per heavy atom. The molecule has 0 radical (unpaired) electrons. The number of hydrogen-bond acceptors (Lipinski definition) is 17. The van der Waals surface area contributed by atoms with Gasteiger partial charge in [0.25, 0.3) is 29.3 Å². The smallest absolute Gasteiger partial charge is 0.439 e. The van der Waals surface area contributed by atoms with Gasteiger partial charge < -0.3 is 70.0 Å². The van der Waals surface area contributed by atoms with Crippen LogP contribution < -0.4 is 0 Å². The summed E-state index contributed by atoms with van der Waals surface area (Å²) in [6.07, 6.45) is 0.